The average molecular weight is 715 g/mol. The monoisotopic (exact) mass is 714 g/mol. The summed E-state index contributed by atoms with van der Waals surface area (Å²) in [6.07, 6.45) is 2.94. The van der Waals surface area contributed by atoms with Crippen LogP contribution in [0.4, 0.5) is 17.1 Å². The lowest BCUT2D eigenvalue weighted by atomic mass is 9.79. The summed E-state index contributed by atoms with van der Waals surface area (Å²) in [7, 11) is -8.60. The number of aliphatic hydroxyl groups is 1. The minimum atomic E-state index is -4.31. The first kappa shape index (κ1) is 31.5. The van der Waals surface area contributed by atoms with Crippen LogP contribution < -0.4 is 26.5 Å². The van der Waals surface area contributed by atoms with Crippen LogP contribution in [-0.4, -0.2) is 58.7 Å². The minimum absolute atomic E-state index is 0.0506. The van der Waals surface area contributed by atoms with E-state index in [0.29, 0.717) is 60.4 Å². The number of carbonyl (C=O) groups is 1. The molecule has 0 bridgehead atoms. The molecule has 6 N–H and O–H groups in total. The van der Waals surface area contributed by atoms with Crippen LogP contribution in [-0.2, 0) is 25.0 Å². The summed E-state index contributed by atoms with van der Waals surface area (Å²) in [6.45, 7) is 0. The van der Waals surface area contributed by atoms with E-state index in [2.05, 4.69) is 16.0 Å². The summed E-state index contributed by atoms with van der Waals surface area (Å²) in [5.41, 5.74) is 0.819. The first-order valence-electron chi connectivity index (χ1n) is 16.7. The highest BCUT2D eigenvalue weighted by Crippen LogP contribution is 2.49. The molecule has 0 aromatic heterocycles. The Hall–Kier alpha value is -4.50. The van der Waals surface area contributed by atoms with E-state index < -0.39 is 42.1 Å². The summed E-state index contributed by atoms with van der Waals surface area (Å²) in [6, 6.07) is 18.7. The van der Waals surface area contributed by atoms with E-state index in [-0.39, 0.29) is 35.5 Å². The molecule has 9 rings (SSSR count). The SMILES string of the molecule is O=C1C(c2ccc3cccc4c3c2NC2(CCCC(S(=O)(=O)O)C2)N4)=C(O)/C1=c1\ccc2cccc3c2c1=NC1(CCCC(S(=O)(=O)O)C1)N3. The normalized spacial score (nSPS) is 28.6. The number of allylic oxidation sites excluding steroid dienone is 2. The Balaban J connectivity index is 1.23. The largest absolute Gasteiger partial charge is 0.506 e. The van der Waals surface area contributed by atoms with Gasteiger partial charge in [0.2, 0.25) is 5.78 Å². The Morgan fingerprint density at radius 3 is 2.06 bits per heavy atom. The van der Waals surface area contributed by atoms with Crippen LogP contribution in [0.5, 0.6) is 0 Å². The van der Waals surface area contributed by atoms with Crippen LogP contribution in [0.2, 0.25) is 0 Å². The molecule has 4 unspecified atom stereocenters. The van der Waals surface area contributed by atoms with Crippen molar-refractivity contribution in [3.05, 3.63) is 82.6 Å². The fraction of sp³-hybridized carbons (Fsp3) is 0.333. The standard InChI is InChI=1S/C36H34N4O8S2/c41-33-29(23-13-11-19-5-1-9-25-27(19)31(23)39-35(37-25)15-3-7-21(17-35)49(43,44)45)34(42)30(33)24-14-12-20-6-2-10-26-28(20)32(24)40-36(38-26)16-4-8-22(18-36)50(46,47)48/h1-2,5-6,9-14,21-22,37-39,41H,3-4,7-8,15-18H2,(H,43,44,45)(H,46,47,48)/b30-24-. The molecule has 2 fully saturated rings. The van der Waals surface area contributed by atoms with Gasteiger partial charge in [0.15, 0.2) is 0 Å². The average Bonchev–Trinajstić information content (AvgIpc) is 3.06. The van der Waals surface area contributed by atoms with Gasteiger partial charge in [-0.1, -0.05) is 48.5 Å². The van der Waals surface area contributed by atoms with Crippen LogP contribution in [0.3, 0.4) is 0 Å². The Bertz CT molecular complexity index is 2610. The molecule has 4 aromatic rings. The van der Waals surface area contributed by atoms with Crippen molar-refractivity contribution in [2.75, 3.05) is 16.0 Å². The van der Waals surface area contributed by atoms with E-state index in [1.165, 1.54) is 0 Å². The Labute approximate surface area is 287 Å². The third-order valence-corrected chi connectivity index (χ3v) is 13.7. The number of Topliss-reactive ketones (excluding diaryl/α,β-unsaturated/α-hetero) is 1. The van der Waals surface area contributed by atoms with E-state index in [0.717, 1.165) is 32.9 Å². The summed E-state index contributed by atoms with van der Waals surface area (Å²) in [4.78, 5) is 19.4. The lowest BCUT2D eigenvalue weighted by Crippen LogP contribution is -2.53. The van der Waals surface area contributed by atoms with Gasteiger partial charge in [-0.25, -0.2) is 0 Å². The third kappa shape index (κ3) is 4.69. The Morgan fingerprint density at radius 2 is 1.36 bits per heavy atom. The van der Waals surface area contributed by atoms with Crippen molar-refractivity contribution < 1.29 is 35.8 Å². The van der Waals surface area contributed by atoms with Crippen LogP contribution >= 0.6 is 0 Å². The molecule has 0 saturated heterocycles. The van der Waals surface area contributed by atoms with Crippen molar-refractivity contribution in [1.29, 1.82) is 0 Å². The Kier molecular flexibility index (Phi) is 6.62. The summed E-state index contributed by atoms with van der Waals surface area (Å²) >= 11 is 0. The number of hydrogen-bond acceptors (Lipinski definition) is 10. The lowest BCUT2D eigenvalue weighted by molar-refractivity contribution is -0.109. The van der Waals surface area contributed by atoms with E-state index >= 15 is 0 Å². The molecule has 0 amide bonds. The topological polar surface area (TPSA) is 194 Å². The molecule has 4 aromatic carbocycles. The van der Waals surface area contributed by atoms with E-state index in [1.54, 1.807) is 12.1 Å². The van der Waals surface area contributed by atoms with Crippen molar-refractivity contribution in [1.82, 2.24) is 0 Å². The highest BCUT2D eigenvalue weighted by molar-refractivity contribution is 7.86. The fourth-order valence-electron chi connectivity index (χ4n) is 8.90. The number of anilines is 3. The van der Waals surface area contributed by atoms with Crippen LogP contribution in [0.15, 0.2) is 71.4 Å². The highest BCUT2D eigenvalue weighted by Gasteiger charge is 2.46. The summed E-state index contributed by atoms with van der Waals surface area (Å²) in [5.74, 6) is -0.591. The zero-order valence-corrected chi connectivity index (χ0v) is 28.4. The maximum Gasteiger partial charge on any atom is 0.267 e. The van der Waals surface area contributed by atoms with Gasteiger partial charge in [0, 0.05) is 45.8 Å². The molecular formula is C36H34N4O8S2. The number of nitrogens with one attached hydrogen (secondary N) is 3. The predicted molar refractivity (Wildman–Crippen MR) is 191 cm³/mol. The highest BCUT2D eigenvalue weighted by atomic mass is 32.2. The van der Waals surface area contributed by atoms with Crippen LogP contribution in [0.1, 0.15) is 56.9 Å². The zero-order valence-electron chi connectivity index (χ0n) is 26.7. The first-order valence-corrected chi connectivity index (χ1v) is 19.7. The molecular weight excluding hydrogens is 681 g/mol. The maximum absolute atomic E-state index is 14.3. The molecule has 258 valence electrons. The summed E-state index contributed by atoms with van der Waals surface area (Å²) < 4.78 is 68.7. The number of carbonyl (C=O) groups excluding carboxylic acids is 1. The van der Waals surface area contributed by atoms with Gasteiger partial charge in [-0.05, 0) is 61.4 Å². The second-order valence-corrected chi connectivity index (χ2v) is 17.6. The number of hydrogen-bond donors (Lipinski definition) is 6. The van der Waals surface area contributed by atoms with Gasteiger partial charge in [0.05, 0.1) is 32.7 Å². The summed E-state index contributed by atoms with van der Waals surface area (Å²) in [5, 5.41) is 24.5. The molecule has 12 nitrogen and oxygen atoms in total. The van der Waals surface area contributed by atoms with Crippen molar-refractivity contribution in [2.45, 2.75) is 73.2 Å². The van der Waals surface area contributed by atoms with Gasteiger partial charge in [0.1, 0.15) is 17.1 Å². The predicted octanol–water partition coefficient (Wildman–Crippen LogP) is 4.63. The van der Waals surface area contributed by atoms with Gasteiger partial charge >= 0.3 is 0 Å². The van der Waals surface area contributed by atoms with Crippen molar-refractivity contribution in [3.63, 3.8) is 0 Å². The fourth-order valence-corrected chi connectivity index (χ4v) is 10.8. The van der Waals surface area contributed by atoms with Crippen LogP contribution in [0, 0.1) is 0 Å². The van der Waals surface area contributed by atoms with Gasteiger partial charge in [-0.2, -0.15) is 16.8 Å². The second-order valence-electron chi connectivity index (χ2n) is 14.3. The maximum atomic E-state index is 14.3. The smallest absolute Gasteiger partial charge is 0.267 e. The number of nitrogens with zero attached hydrogens (tertiary/aromatic N) is 1. The molecule has 5 aliphatic rings. The van der Waals surface area contributed by atoms with Gasteiger partial charge < -0.3 is 21.1 Å². The number of aliphatic hydroxyl groups excluding tert-OH is 1. The number of ketones is 1. The second kappa shape index (κ2) is 10.5. The molecule has 2 heterocycles. The van der Waals surface area contributed by atoms with E-state index in [4.69, 9.17) is 4.99 Å². The molecule has 4 atom stereocenters. The number of rotatable bonds is 3. The minimum Gasteiger partial charge on any atom is -0.506 e. The van der Waals surface area contributed by atoms with Crippen molar-refractivity contribution in [3.8, 4) is 0 Å². The van der Waals surface area contributed by atoms with Crippen molar-refractivity contribution >= 4 is 75.8 Å². The quantitative estimate of drug-likeness (QED) is 0.162. The molecule has 0 radical (unpaired) electrons. The van der Waals surface area contributed by atoms with Gasteiger partial charge in [-0.15, -0.1) is 0 Å². The first-order chi connectivity index (χ1) is 23.8. The van der Waals surface area contributed by atoms with Crippen LogP contribution in [0.25, 0.3) is 32.7 Å². The molecule has 3 aliphatic carbocycles. The van der Waals surface area contributed by atoms with Gasteiger partial charge in [0.25, 0.3) is 20.2 Å². The molecule has 2 aliphatic heterocycles. The lowest BCUT2D eigenvalue weighted by Gasteiger charge is -2.46. The Morgan fingerprint density at radius 1 is 0.720 bits per heavy atom. The molecule has 2 spiro atoms. The molecule has 50 heavy (non-hydrogen) atoms. The van der Waals surface area contributed by atoms with E-state index in [9.17, 15) is 35.8 Å². The van der Waals surface area contributed by atoms with E-state index in [1.807, 2.05) is 48.5 Å². The number of benzene rings is 4. The third-order valence-electron chi connectivity index (χ3n) is 11.2. The zero-order chi connectivity index (χ0) is 34.8. The van der Waals surface area contributed by atoms with Crippen molar-refractivity contribution in [2.24, 2.45) is 4.99 Å². The molecule has 2 saturated carbocycles. The van der Waals surface area contributed by atoms with Gasteiger partial charge in [-0.3, -0.25) is 18.9 Å². The molecule has 14 heteroatoms.